The molecule has 0 saturated carbocycles. The first-order valence-electron chi connectivity index (χ1n) is 8.52. The van der Waals surface area contributed by atoms with Crippen LogP contribution in [0.5, 0.6) is 0 Å². The summed E-state index contributed by atoms with van der Waals surface area (Å²) in [5.41, 5.74) is 0.761. The molecule has 0 aromatic carbocycles. The van der Waals surface area contributed by atoms with E-state index in [4.69, 9.17) is 4.74 Å². The van der Waals surface area contributed by atoms with Gasteiger partial charge in [0, 0.05) is 49.0 Å². The summed E-state index contributed by atoms with van der Waals surface area (Å²) >= 11 is 1.48. The first-order chi connectivity index (χ1) is 12.6. The molecule has 2 aromatic rings. The lowest BCUT2D eigenvalue weighted by Crippen LogP contribution is -2.45. The highest BCUT2D eigenvalue weighted by molar-refractivity contribution is 7.13. The van der Waals surface area contributed by atoms with Gasteiger partial charge in [0.1, 0.15) is 5.01 Å². The van der Waals surface area contributed by atoms with Gasteiger partial charge in [0.25, 0.3) is 0 Å². The van der Waals surface area contributed by atoms with Crippen molar-refractivity contribution < 1.29 is 19.4 Å². The standard InChI is InChI=1S/C18H19N3O4S/c22-15(6-14-10-26-16(20-14)12-2-1-4-19-7-12)21-8-13-9-25-5-3-18(13,11-21)17(23)24/h1-2,4,7,10,13H,3,5-6,8-9,11H2,(H,23,24)/t13-,18+/m0/s1. The highest BCUT2D eigenvalue weighted by Crippen LogP contribution is 2.42. The fraction of sp³-hybridized carbons (Fsp3) is 0.444. The molecular weight excluding hydrogens is 354 g/mol. The third-order valence-electron chi connectivity index (χ3n) is 5.28. The minimum Gasteiger partial charge on any atom is -0.481 e. The number of nitrogens with zero attached hydrogens (tertiary/aromatic N) is 3. The van der Waals surface area contributed by atoms with Crippen LogP contribution in [0.1, 0.15) is 12.1 Å². The highest BCUT2D eigenvalue weighted by atomic mass is 32.1. The molecule has 8 heteroatoms. The van der Waals surface area contributed by atoms with Gasteiger partial charge in [-0.25, -0.2) is 4.98 Å². The lowest BCUT2D eigenvalue weighted by atomic mass is 9.74. The Kier molecular flexibility index (Phi) is 4.46. The Hall–Kier alpha value is -2.32. The molecule has 0 aliphatic carbocycles. The Morgan fingerprint density at radius 1 is 1.46 bits per heavy atom. The van der Waals surface area contributed by atoms with Crippen molar-refractivity contribution in [1.82, 2.24) is 14.9 Å². The third-order valence-corrected chi connectivity index (χ3v) is 6.22. The van der Waals surface area contributed by atoms with E-state index in [1.54, 1.807) is 17.3 Å². The SMILES string of the molecule is O=C(Cc1csc(-c2cccnc2)n1)N1C[C@H]2COCC[C@@]2(C(=O)O)C1. The molecule has 0 bridgehead atoms. The second-order valence-electron chi connectivity index (χ2n) is 6.82. The number of amides is 1. The van der Waals surface area contributed by atoms with Crippen LogP contribution in [0.2, 0.25) is 0 Å². The average molecular weight is 373 g/mol. The summed E-state index contributed by atoms with van der Waals surface area (Å²) < 4.78 is 5.44. The van der Waals surface area contributed by atoms with Crippen LogP contribution in [0.25, 0.3) is 10.6 Å². The van der Waals surface area contributed by atoms with Crippen LogP contribution in [-0.2, 0) is 20.7 Å². The maximum Gasteiger partial charge on any atom is 0.311 e. The lowest BCUT2D eigenvalue weighted by Gasteiger charge is -2.33. The van der Waals surface area contributed by atoms with Gasteiger partial charge in [-0.05, 0) is 18.6 Å². The minimum absolute atomic E-state index is 0.0805. The zero-order valence-electron chi connectivity index (χ0n) is 14.1. The molecule has 2 aliphatic heterocycles. The van der Waals surface area contributed by atoms with E-state index in [2.05, 4.69) is 9.97 Å². The molecule has 2 saturated heterocycles. The van der Waals surface area contributed by atoms with Gasteiger partial charge in [0.2, 0.25) is 5.91 Å². The fourth-order valence-corrected chi connectivity index (χ4v) is 4.58. The number of rotatable bonds is 4. The first kappa shape index (κ1) is 17.1. The predicted molar refractivity (Wildman–Crippen MR) is 94.6 cm³/mol. The Labute approximate surface area is 154 Å². The summed E-state index contributed by atoms with van der Waals surface area (Å²) in [6.07, 6.45) is 4.08. The van der Waals surface area contributed by atoms with Crippen molar-refractivity contribution in [3.05, 3.63) is 35.6 Å². The van der Waals surface area contributed by atoms with E-state index in [9.17, 15) is 14.7 Å². The molecule has 2 aromatic heterocycles. The van der Waals surface area contributed by atoms with E-state index in [-0.39, 0.29) is 24.8 Å². The number of carbonyl (C=O) groups excluding carboxylic acids is 1. The minimum atomic E-state index is -0.864. The molecule has 1 amide bonds. The van der Waals surface area contributed by atoms with Gasteiger partial charge < -0.3 is 14.7 Å². The zero-order chi connectivity index (χ0) is 18.1. The number of carbonyl (C=O) groups is 2. The number of likely N-dealkylation sites (tertiary alicyclic amines) is 1. The number of hydrogen-bond acceptors (Lipinski definition) is 6. The molecule has 1 N–H and O–H groups in total. The van der Waals surface area contributed by atoms with E-state index >= 15 is 0 Å². The summed E-state index contributed by atoms with van der Waals surface area (Å²) in [7, 11) is 0. The monoisotopic (exact) mass is 373 g/mol. The van der Waals surface area contributed by atoms with Crippen LogP contribution in [0.3, 0.4) is 0 Å². The Balaban J connectivity index is 1.46. The average Bonchev–Trinajstić information content (AvgIpc) is 3.27. The number of aromatic nitrogens is 2. The first-order valence-corrected chi connectivity index (χ1v) is 9.40. The molecule has 0 radical (unpaired) electrons. The largest absolute Gasteiger partial charge is 0.481 e. The van der Waals surface area contributed by atoms with Gasteiger partial charge in [0.15, 0.2) is 0 Å². The molecule has 2 aliphatic rings. The van der Waals surface area contributed by atoms with E-state index in [0.29, 0.717) is 31.9 Å². The fourth-order valence-electron chi connectivity index (χ4n) is 3.77. The number of aliphatic carboxylic acids is 1. The summed E-state index contributed by atoms with van der Waals surface area (Å²) in [5.74, 6) is -1.05. The molecular formula is C18H19N3O4S. The van der Waals surface area contributed by atoms with Crippen molar-refractivity contribution in [3.8, 4) is 10.6 Å². The molecule has 136 valence electrons. The number of pyridine rings is 1. The van der Waals surface area contributed by atoms with Crippen molar-refractivity contribution in [2.45, 2.75) is 12.8 Å². The zero-order valence-corrected chi connectivity index (χ0v) is 14.9. The molecule has 7 nitrogen and oxygen atoms in total. The van der Waals surface area contributed by atoms with Crippen molar-refractivity contribution in [2.75, 3.05) is 26.3 Å². The Morgan fingerprint density at radius 2 is 2.35 bits per heavy atom. The van der Waals surface area contributed by atoms with E-state index < -0.39 is 11.4 Å². The number of fused-ring (bicyclic) bond motifs is 1. The van der Waals surface area contributed by atoms with Gasteiger partial charge in [-0.1, -0.05) is 0 Å². The Morgan fingerprint density at radius 3 is 3.08 bits per heavy atom. The molecule has 4 heterocycles. The second kappa shape index (κ2) is 6.77. The number of carboxylic acid groups (broad SMARTS) is 1. The summed E-state index contributed by atoms with van der Waals surface area (Å²) in [6.45, 7) is 1.53. The molecule has 0 spiro atoms. The van der Waals surface area contributed by atoms with Crippen LogP contribution in [0.15, 0.2) is 29.9 Å². The normalized spacial score (nSPS) is 25.1. The number of thiazole rings is 1. The van der Waals surface area contributed by atoms with Gasteiger partial charge in [-0.2, -0.15) is 0 Å². The van der Waals surface area contributed by atoms with Gasteiger partial charge in [0.05, 0.1) is 24.1 Å². The summed E-state index contributed by atoms with van der Waals surface area (Å²) in [4.78, 5) is 34.8. The second-order valence-corrected chi connectivity index (χ2v) is 7.68. The van der Waals surface area contributed by atoms with Gasteiger partial charge in [-0.3, -0.25) is 14.6 Å². The van der Waals surface area contributed by atoms with Crippen molar-refractivity contribution in [3.63, 3.8) is 0 Å². The third kappa shape index (κ3) is 2.99. The van der Waals surface area contributed by atoms with E-state index in [1.165, 1.54) is 11.3 Å². The maximum absolute atomic E-state index is 12.7. The quantitative estimate of drug-likeness (QED) is 0.877. The number of carboxylic acids is 1. The molecule has 2 fully saturated rings. The Bertz CT molecular complexity index is 825. The molecule has 0 unspecified atom stereocenters. The maximum atomic E-state index is 12.7. The van der Waals surface area contributed by atoms with Gasteiger partial charge in [-0.15, -0.1) is 11.3 Å². The van der Waals surface area contributed by atoms with Crippen LogP contribution in [-0.4, -0.2) is 58.2 Å². The lowest BCUT2D eigenvalue weighted by molar-refractivity contribution is -0.157. The van der Waals surface area contributed by atoms with Crippen LogP contribution in [0, 0.1) is 11.3 Å². The topological polar surface area (TPSA) is 92.6 Å². The van der Waals surface area contributed by atoms with Crippen LogP contribution in [0.4, 0.5) is 0 Å². The van der Waals surface area contributed by atoms with Gasteiger partial charge >= 0.3 is 5.97 Å². The summed E-state index contributed by atoms with van der Waals surface area (Å²) in [5, 5.41) is 12.4. The van der Waals surface area contributed by atoms with Crippen LogP contribution >= 0.6 is 11.3 Å². The van der Waals surface area contributed by atoms with Crippen LogP contribution < -0.4 is 0 Å². The van der Waals surface area contributed by atoms with E-state index in [0.717, 1.165) is 10.6 Å². The van der Waals surface area contributed by atoms with Crippen molar-refractivity contribution in [2.24, 2.45) is 11.3 Å². The smallest absolute Gasteiger partial charge is 0.311 e. The number of hydrogen-bond donors (Lipinski definition) is 1. The highest BCUT2D eigenvalue weighted by Gasteiger charge is 2.54. The van der Waals surface area contributed by atoms with Crippen molar-refractivity contribution in [1.29, 1.82) is 0 Å². The predicted octanol–water partition coefficient (Wildman–Crippen LogP) is 1.70. The molecule has 4 rings (SSSR count). The molecule has 2 atom stereocenters. The summed E-state index contributed by atoms with van der Waals surface area (Å²) in [6, 6.07) is 3.78. The van der Waals surface area contributed by atoms with E-state index in [1.807, 2.05) is 17.5 Å². The number of ether oxygens (including phenoxy) is 1. The van der Waals surface area contributed by atoms with Crippen molar-refractivity contribution >= 4 is 23.2 Å². The molecule has 26 heavy (non-hydrogen) atoms.